The fourth-order valence-electron chi connectivity index (χ4n) is 3.87. The number of carbonyl (C=O) groups is 1. The van der Waals surface area contributed by atoms with Crippen LogP contribution in [0.5, 0.6) is 0 Å². The number of hydrogen-bond acceptors (Lipinski definition) is 2. The van der Waals surface area contributed by atoms with Crippen LogP contribution in [0.2, 0.25) is 0 Å². The van der Waals surface area contributed by atoms with E-state index in [-0.39, 0.29) is 6.04 Å². The lowest BCUT2D eigenvalue weighted by atomic mass is 9.70. The van der Waals surface area contributed by atoms with Crippen LogP contribution >= 0.6 is 0 Å². The van der Waals surface area contributed by atoms with Gasteiger partial charge in [0.2, 0.25) is 0 Å². The number of rotatable bonds is 3. The van der Waals surface area contributed by atoms with E-state index in [0.29, 0.717) is 5.41 Å². The first kappa shape index (κ1) is 14.8. The molecule has 0 aromatic carbocycles. The Labute approximate surface area is 117 Å². The molecule has 0 unspecified atom stereocenters. The summed E-state index contributed by atoms with van der Waals surface area (Å²) in [5.74, 6) is 0.942. The zero-order valence-corrected chi connectivity index (χ0v) is 12.7. The van der Waals surface area contributed by atoms with E-state index in [2.05, 4.69) is 25.7 Å². The van der Waals surface area contributed by atoms with Gasteiger partial charge < -0.3 is 5.11 Å². The van der Waals surface area contributed by atoms with Crippen LogP contribution in [0.3, 0.4) is 0 Å². The molecule has 1 saturated heterocycles. The summed E-state index contributed by atoms with van der Waals surface area (Å²) in [6.45, 7) is 9.03. The van der Waals surface area contributed by atoms with Gasteiger partial charge >= 0.3 is 5.97 Å². The standard InChI is InChI=1S/C16H29NO2/c1-16(2,3)13-8-6-12(7-9-13)11-17-10-4-5-14(17)15(18)19/h12-14H,4-11H2,1-3H3,(H,18,19)/t12?,13?,14-/m0/s1. The molecular weight excluding hydrogens is 238 g/mol. The minimum atomic E-state index is -0.624. The van der Waals surface area contributed by atoms with E-state index in [4.69, 9.17) is 0 Å². The highest BCUT2D eigenvalue weighted by Gasteiger charge is 2.34. The molecule has 0 spiro atoms. The quantitative estimate of drug-likeness (QED) is 0.852. The van der Waals surface area contributed by atoms with E-state index in [1.54, 1.807) is 0 Å². The Kier molecular flexibility index (Phi) is 4.54. The molecule has 2 aliphatic rings. The first-order chi connectivity index (χ1) is 8.88. The molecule has 1 N–H and O–H groups in total. The molecule has 0 radical (unpaired) electrons. The van der Waals surface area contributed by atoms with Crippen molar-refractivity contribution in [1.29, 1.82) is 0 Å². The van der Waals surface area contributed by atoms with Gasteiger partial charge in [0.1, 0.15) is 6.04 Å². The van der Waals surface area contributed by atoms with Crippen LogP contribution in [0, 0.1) is 17.3 Å². The predicted octanol–water partition coefficient (Wildman–Crippen LogP) is 3.39. The minimum Gasteiger partial charge on any atom is -0.480 e. The number of carboxylic acid groups (broad SMARTS) is 1. The van der Waals surface area contributed by atoms with E-state index in [1.165, 1.54) is 25.7 Å². The summed E-state index contributed by atoms with van der Waals surface area (Å²) in [5.41, 5.74) is 0.433. The highest BCUT2D eigenvalue weighted by Crippen LogP contribution is 2.40. The van der Waals surface area contributed by atoms with Crippen molar-refractivity contribution in [2.24, 2.45) is 17.3 Å². The van der Waals surface area contributed by atoms with Gasteiger partial charge in [0.15, 0.2) is 0 Å². The van der Waals surface area contributed by atoms with E-state index in [9.17, 15) is 9.90 Å². The van der Waals surface area contributed by atoms with E-state index < -0.39 is 5.97 Å². The Bertz CT molecular complexity index is 313. The van der Waals surface area contributed by atoms with Crippen molar-refractivity contribution in [3.05, 3.63) is 0 Å². The zero-order chi connectivity index (χ0) is 14.0. The summed E-state index contributed by atoms with van der Waals surface area (Å²) in [5, 5.41) is 9.22. The second-order valence-electron chi connectivity index (χ2n) is 7.57. The maximum atomic E-state index is 11.2. The molecular formula is C16H29NO2. The van der Waals surface area contributed by atoms with Crippen LogP contribution in [0.1, 0.15) is 59.3 Å². The number of hydrogen-bond donors (Lipinski definition) is 1. The second kappa shape index (κ2) is 5.82. The smallest absolute Gasteiger partial charge is 0.320 e. The maximum absolute atomic E-state index is 11.2. The van der Waals surface area contributed by atoms with E-state index >= 15 is 0 Å². The van der Waals surface area contributed by atoms with Crippen LogP contribution in [0.15, 0.2) is 0 Å². The third-order valence-electron chi connectivity index (χ3n) is 5.21. The van der Waals surface area contributed by atoms with Crippen molar-refractivity contribution in [2.75, 3.05) is 13.1 Å². The summed E-state index contributed by atoms with van der Waals surface area (Å²) in [6.07, 6.45) is 7.09. The van der Waals surface area contributed by atoms with E-state index in [0.717, 1.165) is 37.8 Å². The summed E-state index contributed by atoms with van der Waals surface area (Å²) in [4.78, 5) is 13.4. The fourth-order valence-corrected chi connectivity index (χ4v) is 3.87. The Morgan fingerprint density at radius 3 is 2.32 bits per heavy atom. The Balaban J connectivity index is 1.81. The highest BCUT2D eigenvalue weighted by atomic mass is 16.4. The molecule has 3 heteroatoms. The second-order valence-corrected chi connectivity index (χ2v) is 7.57. The monoisotopic (exact) mass is 267 g/mol. The molecule has 1 aliphatic carbocycles. The largest absolute Gasteiger partial charge is 0.480 e. The van der Waals surface area contributed by atoms with Crippen molar-refractivity contribution < 1.29 is 9.90 Å². The zero-order valence-electron chi connectivity index (χ0n) is 12.7. The molecule has 0 amide bonds. The molecule has 1 atom stereocenters. The Morgan fingerprint density at radius 2 is 1.79 bits per heavy atom. The lowest BCUT2D eigenvalue weighted by molar-refractivity contribution is -0.142. The maximum Gasteiger partial charge on any atom is 0.320 e. The van der Waals surface area contributed by atoms with Crippen molar-refractivity contribution in [3.8, 4) is 0 Å². The molecule has 1 heterocycles. The highest BCUT2D eigenvalue weighted by molar-refractivity contribution is 5.73. The van der Waals surface area contributed by atoms with Gasteiger partial charge in [-0.2, -0.15) is 0 Å². The summed E-state index contributed by atoms with van der Waals surface area (Å²) < 4.78 is 0. The van der Waals surface area contributed by atoms with Crippen molar-refractivity contribution >= 4 is 5.97 Å². The molecule has 2 fully saturated rings. The first-order valence-corrected chi connectivity index (χ1v) is 7.85. The van der Waals surface area contributed by atoms with Gasteiger partial charge in [-0.25, -0.2) is 0 Å². The van der Waals surface area contributed by atoms with Gasteiger partial charge in [0, 0.05) is 6.54 Å². The van der Waals surface area contributed by atoms with Crippen molar-refractivity contribution in [2.45, 2.75) is 65.3 Å². The molecule has 0 bridgehead atoms. The van der Waals surface area contributed by atoms with Crippen LogP contribution in [-0.4, -0.2) is 35.1 Å². The lowest BCUT2D eigenvalue weighted by Crippen LogP contribution is -2.40. The summed E-state index contributed by atoms with van der Waals surface area (Å²) >= 11 is 0. The van der Waals surface area contributed by atoms with Crippen molar-refractivity contribution in [1.82, 2.24) is 4.90 Å². The van der Waals surface area contributed by atoms with Gasteiger partial charge in [0.05, 0.1) is 0 Å². The molecule has 2 rings (SSSR count). The van der Waals surface area contributed by atoms with Crippen LogP contribution in [-0.2, 0) is 4.79 Å². The van der Waals surface area contributed by atoms with Gasteiger partial charge in [-0.1, -0.05) is 20.8 Å². The van der Waals surface area contributed by atoms with Crippen molar-refractivity contribution in [3.63, 3.8) is 0 Å². The third kappa shape index (κ3) is 3.71. The number of likely N-dealkylation sites (tertiary alicyclic amines) is 1. The van der Waals surface area contributed by atoms with Crippen LogP contribution < -0.4 is 0 Å². The Morgan fingerprint density at radius 1 is 1.16 bits per heavy atom. The third-order valence-corrected chi connectivity index (χ3v) is 5.21. The molecule has 1 saturated carbocycles. The van der Waals surface area contributed by atoms with Gasteiger partial charge in [-0.3, -0.25) is 9.69 Å². The molecule has 1 aliphatic heterocycles. The summed E-state index contributed by atoms with van der Waals surface area (Å²) in [6, 6.07) is -0.208. The first-order valence-electron chi connectivity index (χ1n) is 7.85. The summed E-state index contributed by atoms with van der Waals surface area (Å²) in [7, 11) is 0. The molecule has 0 aromatic rings. The number of aliphatic carboxylic acids is 1. The van der Waals surface area contributed by atoms with Gasteiger partial charge in [-0.05, 0) is 62.3 Å². The van der Waals surface area contributed by atoms with Crippen LogP contribution in [0.4, 0.5) is 0 Å². The molecule has 110 valence electrons. The molecule has 3 nitrogen and oxygen atoms in total. The SMILES string of the molecule is CC(C)(C)C1CCC(CN2CCC[C@H]2C(=O)O)CC1. The minimum absolute atomic E-state index is 0.208. The van der Waals surface area contributed by atoms with Gasteiger partial charge in [0.25, 0.3) is 0 Å². The predicted molar refractivity (Wildman–Crippen MR) is 77.1 cm³/mol. The normalized spacial score (nSPS) is 33.5. The average molecular weight is 267 g/mol. The lowest BCUT2D eigenvalue weighted by Gasteiger charge is -2.38. The molecule has 19 heavy (non-hydrogen) atoms. The fraction of sp³-hybridized carbons (Fsp3) is 0.938. The molecule has 0 aromatic heterocycles. The van der Waals surface area contributed by atoms with Gasteiger partial charge in [-0.15, -0.1) is 0 Å². The topological polar surface area (TPSA) is 40.5 Å². The number of carboxylic acids is 1. The number of nitrogens with zero attached hydrogens (tertiary/aromatic N) is 1. The Hall–Kier alpha value is -0.570. The van der Waals surface area contributed by atoms with E-state index in [1.807, 2.05) is 0 Å². The van der Waals surface area contributed by atoms with Crippen LogP contribution in [0.25, 0.3) is 0 Å². The average Bonchev–Trinajstić information content (AvgIpc) is 2.77.